The Hall–Kier alpha value is -3.01. The van der Waals surface area contributed by atoms with Crippen LogP contribution in [0.25, 0.3) is 0 Å². The van der Waals surface area contributed by atoms with Gasteiger partial charge >= 0.3 is 0 Å². The third kappa shape index (κ3) is 4.54. The van der Waals surface area contributed by atoms with Crippen LogP contribution in [0, 0.1) is 0 Å². The smallest absolute Gasteiger partial charge is 0.234 e. The number of tetrazole rings is 1. The van der Waals surface area contributed by atoms with Gasteiger partial charge in [0, 0.05) is 23.9 Å². The van der Waals surface area contributed by atoms with Crippen LogP contribution in [-0.2, 0) is 11.3 Å². The molecule has 0 aliphatic heterocycles. The second-order valence-corrected chi connectivity index (χ2v) is 6.08. The van der Waals surface area contributed by atoms with E-state index in [4.69, 9.17) is 13.9 Å². The molecule has 1 N–H and O–H groups in total. The van der Waals surface area contributed by atoms with E-state index in [0.717, 1.165) is 5.76 Å². The number of benzene rings is 1. The molecule has 0 unspecified atom stereocenters. The Kier molecular flexibility index (Phi) is 5.74. The maximum absolute atomic E-state index is 12.2. The van der Waals surface area contributed by atoms with Crippen molar-refractivity contribution in [3.8, 4) is 11.5 Å². The Balaban J connectivity index is 1.59. The molecule has 0 fully saturated rings. The molecule has 10 heteroatoms. The lowest BCUT2D eigenvalue weighted by Gasteiger charge is -2.09. The summed E-state index contributed by atoms with van der Waals surface area (Å²) in [6, 6.07) is 8.78. The highest BCUT2D eigenvalue weighted by molar-refractivity contribution is 7.99. The molecule has 136 valence electrons. The number of methoxy groups -OCH3 is 2. The molecule has 9 nitrogen and oxygen atoms in total. The van der Waals surface area contributed by atoms with Gasteiger partial charge in [0.2, 0.25) is 11.1 Å². The molecular weight excluding hydrogens is 358 g/mol. The van der Waals surface area contributed by atoms with E-state index in [0.29, 0.717) is 28.9 Å². The van der Waals surface area contributed by atoms with Crippen molar-refractivity contribution in [2.45, 2.75) is 11.7 Å². The number of rotatable bonds is 8. The summed E-state index contributed by atoms with van der Waals surface area (Å²) in [4.78, 5) is 12.2. The molecular formula is C16H17N5O4S. The molecule has 0 saturated carbocycles. The number of hydrogen-bond acceptors (Lipinski definition) is 8. The number of ether oxygens (including phenoxy) is 2. The number of carbonyl (C=O) groups excluding carboxylic acids is 1. The lowest BCUT2D eigenvalue weighted by molar-refractivity contribution is -0.113. The Morgan fingerprint density at radius 3 is 2.69 bits per heavy atom. The van der Waals surface area contributed by atoms with Crippen LogP contribution in [0.4, 0.5) is 5.69 Å². The van der Waals surface area contributed by atoms with Gasteiger partial charge in [-0.15, -0.1) is 5.10 Å². The zero-order chi connectivity index (χ0) is 18.4. The molecule has 26 heavy (non-hydrogen) atoms. The Morgan fingerprint density at radius 1 is 1.27 bits per heavy atom. The van der Waals surface area contributed by atoms with Gasteiger partial charge in [-0.05, 0) is 22.6 Å². The van der Waals surface area contributed by atoms with E-state index in [9.17, 15) is 4.79 Å². The van der Waals surface area contributed by atoms with Crippen LogP contribution in [-0.4, -0.2) is 46.1 Å². The first-order chi connectivity index (χ1) is 12.7. The minimum atomic E-state index is -0.196. The van der Waals surface area contributed by atoms with Crippen LogP contribution in [0.15, 0.2) is 46.2 Å². The fraction of sp³-hybridized carbons (Fsp3) is 0.250. The molecule has 2 aromatic heterocycles. The zero-order valence-electron chi connectivity index (χ0n) is 14.2. The number of hydrogen-bond donors (Lipinski definition) is 1. The number of anilines is 1. The normalized spacial score (nSPS) is 10.5. The van der Waals surface area contributed by atoms with Gasteiger partial charge in [0.15, 0.2) is 0 Å². The molecule has 3 rings (SSSR count). The van der Waals surface area contributed by atoms with Gasteiger partial charge in [0.25, 0.3) is 0 Å². The van der Waals surface area contributed by atoms with Gasteiger partial charge in [-0.2, -0.15) is 0 Å². The number of nitrogens with zero attached hydrogens (tertiary/aromatic N) is 4. The van der Waals surface area contributed by atoms with Crippen molar-refractivity contribution in [1.82, 2.24) is 20.2 Å². The third-order valence-corrected chi connectivity index (χ3v) is 4.31. The largest absolute Gasteiger partial charge is 0.497 e. The molecule has 0 radical (unpaired) electrons. The lowest BCUT2D eigenvalue weighted by Crippen LogP contribution is -2.15. The summed E-state index contributed by atoms with van der Waals surface area (Å²) >= 11 is 1.23. The molecule has 0 aliphatic rings. The monoisotopic (exact) mass is 375 g/mol. The van der Waals surface area contributed by atoms with E-state index in [1.807, 2.05) is 6.07 Å². The summed E-state index contributed by atoms with van der Waals surface area (Å²) in [6.07, 6.45) is 1.59. The average molecular weight is 375 g/mol. The number of nitrogens with one attached hydrogen (secondary N) is 1. The van der Waals surface area contributed by atoms with Crippen LogP contribution in [0.1, 0.15) is 5.76 Å². The van der Waals surface area contributed by atoms with Crippen LogP contribution >= 0.6 is 11.8 Å². The highest BCUT2D eigenvalue weighted by Crippen LogP contribution is 2.26. The van der Waals surface area contributed by atoms with Crippen molar-refractivity contribution in [3.63, 3.8) is 0 Å². The minimum Gasteiger partial charge on any atom is -0.497 e. The van der Waals surface area contributed by atoms with Crippen LogP contribution < -0.4 is 14.8 Å². The quantitative estimate of drug-likeness (QED) is 0.597. The van der Waals surface area contributed by atoms with Gasteiger partial charge in [-0.3, -0.25) is 4.79 Å². The molecule has 1 aromatic carbocycles. The van der Waals surface area contributed by atoms with E-state index in [1.165, 1.54) is 11.8 Å². The van der Waals surface area contributed by atoms with Crippen LogP contribution in [0.2, 0.25) is 0 Å². The van der Waals surface area contributed by atoms with Crippen molar-refractivity contribution >= 4 is 23.4 Å². The predicted octanol–water partition coefficient (Wildman–Crippen LogP) is 2.06. The number of thioether (sulfide) groups is 1. The van der Waals surface area contributed by atoms with Crippen molar-refractivity contribution in [2.24, 2.45) is 0 Å². The topological polar surface area (TPSA) is 104 Å². The van der Waals surface area contributed by atoms with E-state index in [2.05, 4.69) is 20.8 Å². The van der Waals surface area contributed by atoms with Crippen LogP contribution in [0.3, 0.4) is 0 Å². The Morgan fingerprint density at radius 2 is 2.04 bits per heavy atom. The maximum atomic E-state index is 12.2. The predicted molar refractivity (Wildman–Crippen MR) is 94.5 cm³/mol. The molecule has 0 saturated heterocycles. The van der Waals surface area contributed by atoms with E-state index >= 15 is 0 Å². The Bertz CT molecular complexity index is 843. The summed E-state index contributed by atoms with van der Waals surface area (Å²) < 4.78 is 17.2. The van der Waals surface area contributed by atoms with Gasteiger partial charge in [0.05, 0.1) is 26.2 Å². The molecule has 3 aromatic rings. The first-order valence-electron chi connectivity index (χ1n) is 7.62. The van der Waals surface area contributed by atoms with Gasteiger partial charge in [-0.25, -0.2) is 4.68 Å². The lowest BCUT2D eigenvalue weighted by atomic mass is 10.2. The first-order valence-corrected chi connectivity index (χ1v) is 8.61. The number of aromatic nitrogens is 4. The summed E-state index contributed by atoms with van der Waals surface area (Å²) in [5.74, 6) is 1.87. The van der Waals surface area contributed by atoms with Crippen molar-refractivity contribution in [3.05, 3.63) is 42.4 Å². The zero-order valence-corrected chi connectivity index (χ0v) is 15.0. The summed E-state index contributed by atoms with van der Waals surface area (Å²) in [5.41, 5.74) is 0.585. The highest BCUT2D eigenvalue weighted by atomic mass is 32.2. The van der Waals surface area contributed by atoms with E-state index < -0.39 is 0 Å². The third-order valence-electron chi connectivity index (χ3n) is 3.35. The average Bonchev–Trinajstić information content (AvgIpc) is 3.32. The van der Waals surface area contributed by atoms with Crippen LogP contribution in [0.5, 0.6) is 11.5 Å². The van der Waals surface area contributed by atoms with E-state index in [1.54, 1.807) is 49.4 Å². The fourth-order valence-corrected chi connectivity index (χ4v) is 2.83. The molecule has 1 amide bonds. The summed E-state index contributed by atoms with van der Waals surface area (Å²) in [6.45, 7) is 0.400. The Labute approximate surface area is 153 Å². The summed E-state index contributed by atoms with van der Waals surface area (Å²) in [7, 11) is 3.10. The first kappa shape index (κ1) is 17.8. The molecule has 0 spiro atoms. The van der Waals surface area contributed by atoms with Crippen molar-refractivity contribution < 1.29 is 18.7 Å². The fourth-order valence-electron chi connectivity index (χ4n) is 2.16. The second kappa shape index (κ2) is 8.39. The van der Waals surface area contributed by atoms with Crippen molar-refractivity contribution in [2.75, 3.05) is 25.3 Å². The SMILES string of the molecule is COc1cc(NC(=O)CSc2nnnn2Cc2ccco2)cc(OC)c1. The molecule has 0 atom stereocenters. The minimum absolute atomic E-state index is 0.151. The number of carbonyl (C=O) groups is 1. The second-order valence-electron chi connectivity index (χ2n) is 5.14. The molecule has 0 bridgehead atoms. The van der Waals surface area contributed by atoms with Gasteiger partial charge in [0.1, 0.15) is 23.8 Å². The molecule has 2 heterocycles. The van der Waals surface area contributed by atoms with Gasteiger partial charge in [-0.1, -0.05) is 11.8 Å². The number of furan rings is 1. The van der Waals surface area contributed by atoms with Crippen molar-refractivity contribution in [1.29, 1.82) is 0 Å². The summed E-state index contributed by atoms with van der Waals surface area (Å²) in [5, 5.41) is 14.8. The van der Waals surface area contributed by atoms with Gasteiger partial charge < -0.3 is 19.2 Å². The molecule has 0 aliphatic carbocycles. The maximum Gasteiger partial charge on any atom is 0.234 e. The number of amides is 1. The highest BCUT2D eigenvalue weighted by Gasteiger charge is 2.12. The van der Waals surface area contributed by atoms with E-state index in [-0.39, 0.29) is 11.7 Å². The standard InChI is InChI=1S/C16H17N5O4S/c1-23-13-6-11(7-14(8-13)24-2)17-15(22)10-26-16-18-19-20-21(16)9-12-4-3-5-25-12/h3-8H,9-10H2,1-2H3,(H,17,22).